The van der Waals surface area contributed by atoms with E-state index in [-0.39, 0.29) is 0 Å². The van der Waals surface area contributed by atoms with Crippen LogP contribution in [0.1, 0.15) is 17.3 Å². The number of aryl methyl sites for hydroxylation is 1. The first-order valence-corrected chi connectivity index (χ1v) is 9.92. The van der Waals surface area contributed by atoms with Crippen molar-refractivity contribution in [3.63, 3.8) is 0 Å². The average Bonchev–Trinajstić information content (AvgIpc) is 3.36. The molecule has 2 aromatic heterocycles. The smallest absolute Gasteiger partial charge is 0.241 e. The van der Waals surface area contributed by atoms with E-state index in [4.69, 9.17) is 8.94 Å². The van der Waals surface area contributed by atoms with Crippen LogP contribution in [0, 0.1) is 6.92 Å². The molecule has 4 aromatic rings. The van der Waals surface area contributed by atoms with Crippen LogP contribution in [0.3, 0.4) is 0 Å². The van der Waals surface area contributed by atoms with Gasteiger partial charge in [0.05, 0.1) is 13.1 Å². The highest BCUT2D eigenvalue weighted by atomic mass is 16.5. The molecule has 2 aromatic carbocycles. The fraction of sp³-hybridized carbons (Fsp3) is 0.318. The quantitative estimate of drug-likeness (QED) is 0.517. The summed E-state index contributed by atoms with van der Waals surface area (Å²) in [7, 11) is 0. The van der Waals surface area contributed by atoms with Crippen LogP contribution >= 0.6 is 0 Å². The first-order valence-electron chi connectivity index (χ1n) is 9.92. The highest BCUT2D eigenvalue weighted by Gasteiger charge is 2.21. The van der Waals surface area contributed by atoms with E-state index < -0.39 is 0 Å². The summed E-state index contributed by atoms with van der Waals surface area (Å²) in [4.78, 5) is 13.8. The number of benzene rings is 2. The fourth-order valence-electron chi connectivity index (χ4n) is 3.61. The van der Waals surface area contributed by atoms with E-state index in [0.29, 0.717) is 18.3 Å². The van der Waals surface area contributed by atoms with Gasteiger partial charge in [0.15, 0.2) is 5.58 Å². The Balaban J connectivity index is 1.15. The molecule has 0 unspecified atom stereocenters. The second kappa shape index (κ2) is 7.77. The van der Waals surface area contributed by atoms with Crippen molar-refractivity contribution in [3.8, 4) is 11.4 Å². The molecule has 5 rings (SSSR count). The number of aromatic nitrogens is 3. The molecule has 7 heteroatoms. The molecular weight excluding hydrogens is 366 g/mol. The molecule has 3 heterocycles. The van der Waals surface area contributed by atoms with Gasteiger partial charge >= 0.3 is 0 Å². The van der Waals surface area contributed by atoms with Gasteiger partial charge in [0, 0.05) is 31.7 Å². The summed E-state index contributed by atoms with van der Waals surface area (Å²) >= 11 is 0. The van der Waals surface area contributed by atoms with Gasteiger partial charge in [0.1, 0.15) is 5.52 Å². The topological polar surface area (TPSA) is 71.4 Å². The number of nitrogens with zero attached hydrogens (tertiary/aromatic N) is 5. The zero-order valence-electron chi connectivity index (χ0n) is 16.4. The van der Waals surface area contributed by atoms with Crippen LogP contribution in [0.2, 0.25) is 0 Å². The standard InChI is InChI=1S/C22H23N5O2/c1-16-6-8-17(9-7-16)22-24-21(29-25-22)15-27-12-10-26(11-13-27)14-20-23-18-4-2-3-5-19(18)28-20/h2-9H,10-15H2,1H3. The highest BCUT2D eigenvalue weighted by molar-refractivity contribution is 5.72. The van der Waals surface area contributed by atoms with Gasteiger partial charge in [0.25, 0.3) is 0 Å². The van der Waals surface area contributed by atoms with Crippen molar-refractivity contribution in [1.82, 2.24) is 24.9 Å². The number of hydrogen-bond donors (Lipinski definition) is 0. The van der Waals surface area contributed by atoms with E-state index in [1.165, 1.54) is 5.56 Å². The predicted molar refractivity (Wildman–Crippen MR) is 109 cm³/mol. The van der Waals surface area contributed by atoms with E-state index in [1.807, 2.05) is 36.4 Å². The summed E-state index contributed by atoms with van der Waals surface area (Å²) in [6, 6.07) is 16.0. The maximum atomic E-state index is 5.85. The SMILES string of the molecule is Cc1ccc(-c2noc(CN3CCN(Cc4nc5ccccc5o4)CC3)n2)cc1. The van der Waals surface area contributed by atoms with Crippen molar-refractivity contribution in [2.45, 2.75) is 20.0 Å². The first-order chi connectivity index (χ1) is 14.2. The largest absolute Gasteiger partial charge is 0.439 e. The van der Waals surface area contributed by atoms with Crippen LogP contribution in [0.5, 0.6) is 0 Å². The molecule has 1 saturated heterocycles. The zero-order chi connectivity index (χ0) is 19.6. The van der Waals surface area contributed by atoms with Gasteiger partial charge in [-0.2, -0.15) is 4.98 Å². The van der Waals surface area contributed by atoms with E-state index in [9.17, 15) is 0 Å². The lowest BCUT2D eigenvalue weighted by Crippen LogP contribution is -2.45. The third-order valence-electron chi connectivity index (χ3n) is 5.30. The van der Waals surface area contributed by atoms with Crippen molar-refractivity contribution in [1.29, 1.82) is 0 Å². The fourth-order valence-corrected chi connectivity index (χ4v) is 3.61. The summed E-state index contributed by atoms with van der Waals surface area (Å²) in [5.41, 5.74) is 3.96. The van der Waals surface area contributed by atoms with Crippen LogP contribution in [-0.2, 0) is 13.1 Å². The Morgan fingerprint density at radius 2 is 1.52 bits per heavy atom. The molecular formula is C22H23N5O2. The normalized spacial score (nSPS) is 15.9. The number of rotatable bonds is 5. The predicted octanol–water partition coefficient (Wildman–Crippen LogP) is 3.50. The van der Waals surface area contributed by atoms with Crippen LogP contribution in [0.25, 0.3) is 22.5 Å². The van der Waals surface area contributed by atoms with E-state index in [0.717, 1.165) is 55.3 Å². The molecule has 0 atom stereocenters. The second-order valence-electron chi connectivity index (χ2n) is 7.51. The zero-order valence-corrected chi connectivity index (χ0v) is 16.4. The molecule has 0 spiro atoms. The summed E-state index contributed by atoms with van der Waals surface area (Å²) in [5, 5.41) is 4.13. The summed E-state index contributed by atoms with van der Waals surface area (Å²) in [5.74, 6) is 2.09. The molecule has 0 amide bonds. The Labute approximate surface area is 168 Å². The van der Waals surface area contributed by atoms with Gasteiger partial charge in [-0.1, -0.05) is 47.1 Å². The molecule has 29 heavy (non-hydrogen) atoms. The van der Waals surface area contributed by atoms with Crippen LogP contribution in [0.15, 0.2) is 57.5 Å². The lowest BCUT2D eigenvalue weighted by molar-refractivity contribution is 0.106. The lowest BCUT2D eigenvalue weighted by atomic mass is 10.1. The van der Waals surface area contributed by atoms with Crippen LogP contribution in [0.4, 0.5) is 0 Å². The van der Waals surface area contributed by atoms with Gasteiger partial charge < -0.3 is 8.94 Å². The Morgan fingerprint density at radius 3 is 2.24 bits per heavy atom. The Bertz CT molecular complexity index is 1060. The average molecular weight is 389 g/mol. The van der Waals surface area contributed by atoms with Gasteiger partial charge in [0.2, 0.25) is 17.6 Å². The van der Waals surface area contributed by atoms with Crippen molar-refractivity contribution in [3.05, 3.63) is 65.9 Å². The van der Waals surface area contributed by atoms with Crippen molar-refractivity contribution < 1.29 is 8.94 Å². The molecule has 148 valence electrons. The third kappa shape index (κ3) is 4.06. The minimum atomic E-state index is 0.648. The Hall–Kier alpha value is -3.03. The summed E-state index contributed by atoms with van der Waals surface area (Å²) in [6.07, 6.45) is 0. The number of fused-ring (bicyclic) bond motifs is 1. The molecule has 1 fully saturated rings. The number of para-hydroxylation sites is 2. The second-order valence-corrected chi connectivity index (χ2v) is 7.51. The molecule has 0 N–H and O–H groups in total. The van der Waals surface area contributed by atoms with E-state index in [1.54, 1.807) is 0 Å². The monoisotopic (exact) mass is 389 g/mol. The molecule has 0 bridgehead atoms. The Morgan fingerprint density at radius 1 is 0.828 bits per heavy atom. The van der Waals surface area contributed by atoms with Gasteiger partial charge in [-0.15, -0.1) is 0 Å². The van der Waals surface area contributed by atoms with Gasteiger partial charge in [-0.25, -0.2) is 4.98 Å². The van der Waals surface area contributed by atoms with Crippen LogP contribution < -0.4 is 0 Å². The molecule has 1 aliphatic heterocycles. The Kier molecular flexibility index (Phi) is 4.83. The maximum Gasteiger partial charge on any atom is 0.241 e. The molecule has 0 saturated carbocycles. The summed E-state index contributed by atoms with van der Waals surface area (Å²) < 4.78 is 11.3. The van der Waals surface area contributed by atoms with Crippen LogP contribution in [-0.4, -0.2) is 51.1 Å². The van der Waals surface area contributed by atoms with Crippen molar-refractivity contribution in [2.75, 3.05) is 26.2 Å². The number of hydrogen-bond acceptors (Lipinski definition) is 7. The number of piperazine rings is 1. The highest BCUT2D eigenvalue weighted by Crippen LogP contribution is 2.19. The third-order valence-corrected chi connectivity index (χ3v) is 5.30. The molecule has 1 aliphatic rings. The first kappa shape index (κ1) is 18.0. The molecule has 0 radical (unpaired) electrons. The minimum Gasteiger partial charge on any atom is -0.439 e. The summed E-state index contributed by atoms with van der Waals surface area (Å²) in [6.45, 7) is 7.28. The van der Waals surface area contributed by atoms with E-state index >= 15 is 0 Å². The van der Waals surface area contributed by atoms with E-state index in [2.05, 4.69) is 44.0 Å². The van der Waals surface area contributed by atoms with Crippen molar-refractivity contribution in [2.24, 2.45) is 0 Å². The maximum absolute atomic E-state index is 5.85. The lowest BCUT2D eigenvalue weighted by Gasteiger charge is -2.33. The van der Waals surface area contributed by atoms with Gasteiger partial charge in [-0.05, 0) is 19.1 Å². The van der Waals surface area contributed by atoms with Gasteiger partial charge in [-0.3, -0.25) is 9.80 Å². The molecule has 7 nitrogen and oxygen atoms in total. The molecule has 0 aliphatic carbocycles. The minimum absolute atomic E-state index is 0.648. The number of oxazole rings is 1. The van der Waals surface area contributed by atoms with Crippen molar-refractivity contribution >= 4 is 11.1 Å².